The largest absolute Gasteiger partial charge is 0.467 e. The molecule has 1 aromatic heterocycles. The van der Waals surface area contributed by atoms with Gasteiger partial charge in [0, 0.05) is 4.90 Å². The summed E-state index contributed by atoms with van der Waals surface area (Å²) < 4.78 is 18.0. The smallest absolute Gasteiger partial charge is 0.321 e. The Kier molecular flexibility index (Phi) is 5.85. The van der Waals surface area contributed by atoms with Gasteiger partial charge in [-0.2, -0.15) is 0 Å². The molecule has 0 atom stereocenters. The SMILES string of the molecule is O=C(CSc1ccc(F)c(Cl)c1)NC(=O)NCc1ccco1. The molecule has 0 spiro atoms. The van der Waals surface area contributed by atoms with E-state index in [1.54, 1.807) is 12.1 Å². The molecule has 0 aliphatic rings. The first-order valence-electron chi connectivity index (χ1n) is 6.22. The van der Waals surface area contributed by atoms with Crippen molar-refractivity contribution in [2.45, 2.75) is 11.4 Å². The highest BCUT2D eigenvalue weighted by Gasteiger charge is 2.09. The van der Waals surface area contributed by atoms with Gasteiger partial charge in [-0.25, -0.2) is 9.18 Å². The summed E-state index contributed by atoms with van der Waals surface area (Å²) in [5, 5.41) is 4.65. The van der Waals surface area contributed by atoms with Gasteiger partial charge in [-0.15, -0.1) is 11.8 Å². The van der Waals surface area contributed by atoms with Crippen LogP contribution in [0.5, 0.6) is 0 Å². The van der Waals surface area contributed by atoms with Crippen LogP contribution in [0.4, 0.5) is 9.18 Å². The summed E-state index contributed by atoms with van der Waals surface area (Å²) in [5.74, 6) is -0.399. The molecule has 0 aliphatic carbocycles. The maximum absolute atomic E-state index is 13.0. The number of hydrogen-bond acceptors (Lipinski definition) is 4. The summed E-state index contributed by atoms with van der Waals surface area (Å²) in [5.41, 5.74) is 0. The Bertz CT molecular complexity index is 664. The lowest BCUT2D eigenvalue weighted by Gasteiger charge is -2.06. The maximum atomic E-state index is 13.0. The standard InChI is InChI=1S/C14H12ClFN2O3S/c15-11-6-10(3-4-12(11)16)22-8-13(19)18-14(20)17-7-9-2-1-5-21-9/h1-6H,7-8H2,(H2,17,18,19,20). The van der Waals surface area contributed by atoms with E-state index in [1.807, 2.05) is 0 Å². The van der Waals surface area contributed by atoms with Gasteiger partial charge >= 0.3 is 6.03 Å². The minimum Gasteiger partial charge on any atom is -0.467 e. The van der Waals surface area contributed by atoms with Crippen LogP contribution in [0.1, 0.15) is 5.76 Å². The van der Waals surface area contributed by atoms with E-state index in [2.05, 4.69) is 10.6 Å². The Morgan fingerprint density at radius 2 is 2.14 bits per heavy atom. The van der Waals surface area contributed by atoms with Crippen LogP contribution in [-0.4, -0.2) is 17.7 Å². The molecule has 5 nitrogen and oxygen atoms in total. The van der Waals surface area contributed by atoms with Crippen LogP contribution in [0, 0.1) is 5.82 Å². The average Bonchev–Trinajstić information content (AvgIpc) is 3.00. The molecule has 2 N–H and O–H groups in total. The van der Waals surface area contributed by atoms with Gasteiger partial charge < -0.3 is 9.73 Å². The number of carbonyl (C=O) groups excluding carboxylic acids is 2. The molecule has 0 unspecified atom stereocenters. The fraction of sp³-hybridized carbons (Fsp3) is 0.143. The van der Waals surface area contributed by atoms with Crippen LogP contribution in [0.3, 0.4) is 0 Å². The number of rotatable bonds is 5. The zero-order chi connectivity index (χ0) is 15.9. The maximum Gasteiger partial charge on any atom is 0.321 e. The highest BCUT2D eigenvalue weighted by Crippen LogP contribution is 2.23. The molecule has 0 fully saturated rings. The van der Waals surface area contributed by atoms with Crippen LogP contribution in [0.25, 0.3) is 0 Å². The third kappa shape index (κ3) is 5.09. The molecule has 0 saturated heterocycles. The van der Waals surface area contributed by atoms with E-state index in [-0.39, 0.29) is 17.3 Å². The van der Waals surface area contributed by atoms with Gasteiger partial charge in [0.1, 0.15) is 11.6 Å². The first-order chi connectivity index (χ1) is 10.5. The van der Waals surface area contributed by atoms with Crippen molar-refractivity contribution in [3.05, 3.63) is 53.2 Å². The molecule has 1 aromatic carbocycles. The van der Waals surface area contributed by atoms with Crippen molar-refractivity contribution in [1.82, 2.24) is 10.6 Å². The number of furan rings is 1. The molecule has 1 heterocycles. The van der Waals surface area contributed by atoms with E-state index in [0.717, 1.165) is 11.8 Å². The minimum atomic E-state index is -0.612. The number of nitrogens with one attached hydrogen (secondary N) is 2. The van der Waals surface area contributed by atoms with Crippen LogP contribution in [0.2, 0.25) is 5.02 Å². The average molecular weight is 343 g/mol. The predicted octanol–water partition coefficient (Wildman–Crippen LogP) is 3.19. The van der Waals surface area contributed by atoms with Gasteiger partial charge in [0.2, 0.25) is 5.91 Å². The molecular formula is C14H12ClFN2O3S. The second-order valence-corrected chi connectivity index (χ2v) is 5.63. The van der Waals surface area contributed by atoms with Crippen LogP contribution >= 0.6 is 23.4 Å². The van der Waals surface area contributed by atoms with Crippen LogP contribution in [0.15, 0.2) is 45.9 Å². The van der Waals surface area contributed by atoms with Crippen molar-refractivity contribution in [3.8, 4) is 0 Å². The van der Waals surface area contributed by atoms with E-state index in [4.69, 9.17) is 16.0 Å². The Morgan fingerprint density at radius 1 is 1.32 bits per heavy atom. The second kappa shape index (κ2) is 7.86. The lowest BCUT2D eigenvalue weighted by molar-refractivity contribution is -0.117. The molecule has 0 bridgehead atoms. The molecular weight excluding hydrogens is 331 g/mol. The topological polar surface area (TPSA) is 71.3 Å². The van der Waals surface area contributed by atoms with E-state index in [9.17, 15) is 14.0 Å². The van der Waals surface area contributed by atoms with Crippen molar-refractivity contribution in [2.24, 2.45) is 0 Å². The highest BCUT2D eigenvalue weighted by atomic mass is 35.5. The Morgan fingerprint density at radius 3 is 2.82 bits per heavy atom. The molecule has 0 radical (unpaired) electrons. The highest BCUT2D eigenvalue weighted by molar-refractivity contribution is 8.00. The quantitative estimate of drug-likeness (QED) is 0.819. The van der Waals surface area contributed by atoms with Crippen molar-refractivity contribution in [1.29, 1.82) is 0 Å². The summed E-state index contributed by atoms with van der Waals surface area (Å²) in [6, 6.07) is 6.94. The fourth-order valence-electron chi connectivity index (χ4n) is 1.50. The first-order valence-corrected chi connectivity index (χ1v) is 7.59. The Labute approximate surface area is 135 Å². The van der Waals surface area contributed by atoms with Gasteiger partial charge in [0.05, 0.1) is 23.6 Å². The lowest BCUT2D eigenvalue weighted by Crippen LogP contribution is -2.39. The summed E-state index contributed by atoms with van der Waals surface area (Å²) in [6.07, 6.45) is 1.49. The summed E-state index contributed by atoms with van der Waals surface area (Å²) in [4.78, 5) is 23.7. The monoisotopic (exact) mass is 342 g/mol. The third-order valence-corrected chi connectivity index (χ3v) is 3.80. The van der Waals surface area contributed by atoms with Gasteiger partial charge in [0.15, 0.2) is 0 Å². The summed E-state index contributed by atoms with van der Waals surface area (Å²) >= 11 is 6.79. The molecule has 2 aromatic rings. The number of amides is 3. The van der Waals surface area contributed by atoms with Gasteiger partial charge in [0.25, 0.3) is 0 Å². The molecule has 0 saturated carbocycles. The number of hydrogen-bond donors (Lipinski definition) is 2. The molecule has 8 heteroatoms. The number of carbonyl (C=O) groups is 2. The molecule has 22 heavy (non-hydrogen) atoms. The predicted molar refractivity (Wildman–Crippen MR) is 81.2 cm³/mol. The van der Waals surface area contributed by atoms with E-state index < -0.39 is 17.8 Å². The lowest BCUT2D eigenvalue weighted by atomic mass is 10.3. The van der Waals surface area contributed by atoms with Crippen molar-refractivity contribution in [3.63, 3.8) is 0 Å². The first kappa shape index (κ1) is 16.4. The zero-order valence-electron chi connectivity index (χ0n) is 11.3. The Balaban J connectivity index is 1.72. The number of thioether (sulfide) groups is 1. The zero-order valence-corrected chi connectivity index (χ0v) is 12.8. The van der Waals surface area contributed by atoms with E-state index in [1.165, 1.54) is 24.5 Å². The van der Waals surface area contributed by atoms with Gasteiger partial charge in [-0.05, 0) is 30.3 Å². The molecule has 3 amide bonds. The third-order valence-electron chi connectivity index (χ3n) is 2.52. The van der Waals surface area contributed by atoms with Crippen molar-refractivity contribution >= 4 is 35.3 Å². The van der Waals surface area contributed by atoms with Gasteiger partial charge in [-0.3, -0.25) is 10.1 Å². The molecule has 2 rings (SSSR count). The Hall–Kier alpha value is -1.99. The minimum absolute atomic E-state index is 0.0101. The normalized spacial score (nSPS) is 10.3. The molecule has 0 aliphatic heterocycles. The number of imide groups is 1. The van der Waals surface area contributed by atoms with Gasteiger partial charge in [-0.1, -0.05) is 11.6 Å². The van der Waals surface area contributed by atoms with Crippen LogP contribution in [-0.2, 0) is 11.3 Å². The number of urea groups is 1. The number of halogens is 2. The molecule has 116 valence electrons. The van der Waals surface area contributed by atoms with E-state index in [0.29, 0.717) is 10.7 Å². The summed E-state index contributed by atoms with van der Waals surface area (Å²) in [7, 11) is 0. The van der Waals surface area contributed by atoms with Crippen LogP contribution < -0.4 is 10.6 Å². The second-order valence-electron chi connectivity index (χ2n) is 4.17. The van der Waals surface area contributed by atoms with E-state index >= 15 is 0 Å². The summed E-state index contributed by atoms with van der Waals surface area (Å²) in [6.45, 7) is 0.187. The van der Waals surface area contributed by atoms with Crippen molar-refractivity contribution < 1.29 is 18.4 Å². The van der Waals surface area contributed by atoms with Crippen molar-refractivity contribution in [2.75, 3.05) is 5.75 Å². The fourth-order valence-corrected chi connectivity index (χ4v) is 2.48. The number of benzene rings is 1.